The van der Waals surface area contributed by atoms with Crippen molar-refractivity contribution in [2.75, 3.05) is 18.4 Å². The number of amides is 1. The van der Waals surface area contributed by atoms with Gasteiger partial charge in [-0.25, -0.2) is 12.8 Å². The number of nitrogens with one attached hydrogen (secondary N) is 3. The first-order valence-electron chi connectivity index (χ1n) is 14.0. The minimum Gasteiger partial charge on any atom is -0.457 e. The Morgan fingerprint density at radius 3 is 2.45 bits per heavy atom. The number of hydrogen-bond acceptors (Lipinski definition) is 5. The molecule has 1 amide bonds. The van der Waals surface area contributed by atoms with Gasteiger partial charge in [0.15, 0.2) is 0 Å². The number of fused-ring (bicyclic) bond motifs is 1. The molecule has 3 N–H and O–H groups in total. The van der Waals surface area contributed by atoms with E-state index in [0.29, 0.717) is 43.3 Å². The lowest BCUT2D eigenvalue weighted by Gasteiger charge is -2.26. The molecule has 1 aliphatic carbocycles. The molecule has 2 atom stereocenters. The summed E-state index contributed by atoms with van der Waals surface area (Å²) in [5.41, 5.74) is 1.83. The van der Waals surface area contributed by atoms with Crippen molar-refractivity contribution in [2.24, 2.45) is 5.92 Å². The van der Waals surface area contributed by atoms with E-state index in [9.17, 15) is 17.6 Å². The Hall–Kier alpha value is -3.43. The van der Waals surface area contributed by atoms with Gasteiger partial charge in [-0.1, -0.05) is 50.3 Å². The van der Waals surface area contributed by atoms with Crippen molar-refractivity contribution in [3.8, 4) is 11.5 Å². The highest BCUT2D eigenvalue weighted by Gasteiger charge is 2.30. The molecule has 1 heterocycles. The van der Waals surface area contributed by atoms with Crippen LogP contribution >= 0.6 is 0 Å². The van der Waals surface area contributed by atoms with E-state index >= 15 is 0 Å². The highest BCUT2D eigenvalue weighted by atomic mass is 32.2. The molecule has 3 aromatic carbocycles. The normalized spacial score (nSPS) is 18.0. The lowest BCUT2D eigenvalue weighted by Crippen LogP contribution is -2.48. The van der Waals surface area contributed by atoms with Crippen molar-refractivity contribution >= 4 is 21.6 Å². The highest BCUT2D eigenvalue weighted by Crippen LogP contribution is 2.34. The first-order chi connectivity index (χ1) is 19.4. The first-order valence-corrected chi connectivity index (χ1v) is 15.5. The van der Waals surface area contributed by atoms with Crippen LogP contribution in [0.25, 0.3) is 0 Å². The summed E-state index contributed by atoms with van der Waals surface area (Å²) in [6.07, 6.45) is 6.44. The van der Waals surface area contributed by atoms with Gasteiger partial charge in [0, 0.05) is 24.7 Å². The van der Waals surface area contributed by atoms with Crippen molar-refractivity contribution < 1.29 is 22.3 Å². The highest BCUT2D eigenvalue weighted by molar-refractivity contribution is 7.89. The Morgan fingerprint density at radius 2 is 1.70 bits per heavy atom. The van der Waals surface area contributed by atoms with Gasteiger partial charge in [-0.05, 0) is 78.9 Å². The molecule has 5 rings (SSSR count). The SMILES string of the molecule is O=C(NCCC1CNc2ccc(F)cc21)[C@H](CC1CCCCC1)NS(=O)(=O)c1ccc(Oc2ccccc2)cc1. The Kier molecular flexibility index (Phi) is 9.01. The Balaban J connectivity index is 1.23. The van der Waals surface area contributed by atoms with E-state index in [4.69, 9.17) is 4.74 Å². The van der Waals surface area contributed by atoms with Crippen LogP contribution in [0.4, 0.5) is 10.1 Å². The topological polar surface area (TPSA) is 96.5 Å². The average molecular weight is 566 g/mol. The minimum atomic E-state index is -3.95. The summed E-state index contributed by atoms with van der Waals surface area (Å²) in [5, 5.41) is 6.23. The summed E-state index contributed by atoms with van der Waals surface area (Å²) in [6.45, 7) is 1.05. The molecule has 9 heteroatoms. The number of halogens is 1. The van der Waals surface area contributed by atoms with E-state index in [0.717, 1.165) is 36.9 Å². The molecule has 1 unspecified atom stereocenters. The molecule has 1 fully saturated rings. The zero-order chi connectivity index (χ0) is 28.0. The van der Waals surface area contributed by atoms with E-state index in [-0.39, 0.29) is 22.5 Å². The van der Waals surface area contributed by atoms with Crippen LogP contribution in [-0.4, -0.2) is 33.5 Å². The monoisotopic (exact) mass is 565 g/mol. The second-order valence-corrected chi connectivity index (χ2v) is 12.4. The van der Waals surface area contributed by atoms with Gasteiger partial charge < -0.3 is 15.4 Å². The third-order valence-corrected chi connectivity index (χ3v) is 9.29. The molecule has 40 heavy (non-hydrogen) atoms. The fraction of sp³-hybridized carbons (Fsp3) is 0.387. The second kappa shape index (κ2) is 12.8. The van der Waals surface area contributed by atoms with Crippen molar-refractivity contribution in [2.45, 2.75) is 61.8 Å². The van der Waals surface area contributed by atoms with Crippen molar-refractivity contribution in [3.05, 3.63) is 84.2 Å². The van der Waals surface area contributed by atoms with Crippen LogP contribution in [0.1, 0.15) is 56.4 Å². The molecular formula is C31H36FN3O4S. The second-order valence-electron chi connectivity index (χ2n) is 10.7. The maximum absolute atomic E-state index is 13.8. The smallest absolute Gasteiger partial charge is 0.241 e. The largest absolute Gasteiger partial charge is 0.457 e. The number of benzene rings is 3. The number of sulfonamides is 1. The minimum absolute atomic E-state index is 0.0741. The predicted octanol–water partition coefficient (Wildman–Crippen LogP) is 5.95. The number of anilines is 1. The van der Waals surface area contributed by atoms with Crippen LogP contribution in [0, 0.1) is 11.7 Å². The Labute approximate surface area is 235 Å². The van der Waals surface area contributed by atoms with Crippen LogP contribution in [0.3, 0.4) is 0 Å². The quantitative estimate of drug-likeness (QED) is 0.267. The lowest BCUT2D eigenvalue weighted by molar-refractivity contribution is -0.123. The first kappa shape index (κ1) is 28.1. The van der Waals surface area contributed by atoms with Crippen molar-refractivity contribution in [3.63, 3.8) is 0 Å². The molecule has 2 aliphatic rings. The summed E-state index contributed by atoms with van der Waals surface area (Å²) >= 11 is 0. The molecule has 0 spiro atoms. The van der Waals surface area contributed by atoms with Gasteiger partial charge in [0.25, 0.3) is 0 Å². The third kappa shape index (κ3) is 7.20. The molecule has 1 saturated carbocycles. The zero-order valence-electron chi connectivity index (χ0n) is 22.4. The summed E-state index contributed by atoms with van der Waals surface area (Å²) in [5.74, 6) is 0.938. The molecule has 1 aliphatic heterocycles. The van der Waals surface area contributed by atoms with Crippen molar-refractivity contribution in [1.29, 1.82) is 0 Å². The van der Waals surface area contributed by atoms with E-state index in [1.165, 1.54) is 30.7 Å². The number of rotatable bonds is 11. The standard InChI is InChI=1S/C31H36FN3O4S/c32-24-11-16-29-28(20-24)23(21-34-29)17-18-33-31(36)30(19-22-7-3-1-4-8-22)35-40(37,38)27-14-12-26(13-15-27)39-25-9-5-2-6-10-25/h2,5-6,9-16,20,22-23,30,34-35H,1,3-4,7-8,17-19,21H2,(H,33,36)/t23?,30-/m0/s1. The molecule has 0 aromatic heterocycles. The molecule has 7 nitrogen and oxygen atoms in total. The Bertz CT molecular complexity index is 1390. The van der Waals surface area contributed by atoms with Gasteiger partial charge in [0.05, 0.1) is 4.90 Å². The maximum Gasteiger partial charge on any atom is 0.241 e. The van der Waals surface area contributed by atoms with Crippen LogP contribution in [0.5, 0.6) is 11.5 Å². The Morgan fingerprint density at radius 1 is 0.975 bits per heavy atom. The maximum atomic E-state index is 13.8. The van der Waals surface area contributed by atoms with Gasteiger partial charge in [-0.3, -0.25) is 4.79 Å². The summed E-state index contributed by atoms with van der Waals surface area (Å²) < 4.78 is 48.9. The van der Waals surface area contributed by atoms with Gasteiger partial charge in [-0.15, -0.1) is 0 Å². The van der Waals surface area contributed by atoms with E-state index in [2.05, 4.69) is 15.4 Å². The van der Waals surface area contributed by atoms with E-state index < -0.39 is 16.1 Å². The summed E-state index contributed by atoms with van der Waals surface area (Å²) in [4.78, 5) is 13.4. The third-order valence-electron chi connectivity index (χ3n) is 7.81. The predicted molar refractivity (Wildman–Crippen MR) is 154 cm³/mol. The number of ether oxygens (including phenoxy) is 1. The lowest BCUT2D eigenvalue weighted by atomic mass is 9.85. The van der Waals surface area contributed by atoms with Gasteiger partial charge >= 0.3 is 0 Å². The van der Waals surface area contributed by atoms with Gasteiger partial charge in [0.1, 0.15) is 23.4 Å². The summed E-state index contributed by atoms with van der Waals surface area (Å²) in [7, 11) is -3.95. The van der Waals surface area contributed by atoms with E-state index in [1.807, 2.05) is 30.3 Å². The number of carbonyl (C=O) groups is 1. The average Bonchev–Trinajstić information content (AvgIpc) is 3.36. The van der Waals surface area contributed by atoms with Gasteiger partial charge in [0.2, 0.25) is 15.9 Å². The molecule has 0 saturated heterocycles. The molecular weight excluding hydrogens is 529 g/mol. The number of hydrogen-bond donors (Lipinski definition) is 3. The van der Waals surface area contributed by atoms with Crippen LogP contribution in [-0.2, 0) is 14.8 Å². The summed E-state index contributed by atoms with van der Waals surface area (Å²) in [6, 6.07) is 19.3. The van der Waals surface area contributed by atoms with Crippen LogP contribution in [0.15, 0.2) is 77.7 Å². The number of para-hydroxylation sites is 1. The fourth-order valence-electron chi connectivity index (χ4n) is 5.66. The van der Waals surface area contributed by atoms with Crippen molar-refractivity contribution in [1.82, 2.24) is 10.0 Å². The zero-order valence-corrected chi connectivity index (χ0v) is 23.3. The van der Waals surface area contributed by atoms with Crippen LogP contribution < -0.4 is 20.1 Å². The fourth-order valence-corrected chi connectivity index (χ4v) is 6.87. The van der Waals surface area contributed by atoms with E-state index in [1.54, 1.807) is 18.2 Å². The van der Waals surface area contributed by atoms with Crippen LogP contribution in [0.2, 0.25) is 0 Å². The molecule has 0 radical (unpaired) electrons. The van der Waals surface area contributed by atoms with Gasteiger partial charge in [-0.2, -0.15) is 4.72 Å². The molecule has 212 valence electrons. The number of carbonyl (C=O) groups excluding carboxylic acids is 1. The molecule has 0 bridgehead atoms. The molecule has 3 aromatic rings.